The molecule has 3 aromatic rings. The second-order valence-corrected chi connectivity index (χ2v) is 5.25. The van der Waals surface area contributed by atoms with E-state index in [1.807, 2.05) is 42.5 Å². The second-order valence-electron chi connectivity index (χ2n) is 5.25. The highest BCUT2D eigenvalue weighted by atomic mass is 16.6. The Morgan fingerprint density at radius 3 is 2.54 bits per heavy atom. The molecule has 0 unspecified atom stereocenters. The first-order chi connectivity index (χ1) is 11.8. The first-order valence-corrected chi connectivity index (χ1v) is 7.46. The lowest BCUT2D eigenvalue weighted by Gasteiger charge is -2.19. The quantitative estimate of drug-likeness (QED) is 0.620. The van der Waals surface area contributed by atoms with E-state index >= 15 is 0 Å². The number of hydrogen-bond donors (Lipinski definition) is 1. The third-order valence-electron chi connectivity index (χ3n) is 3.52. The minimum absolute atomic E-state index is 0.0273. The molecule has 120 valence electrons. The van der Waals surface area contributed by atoms with Crippen LogP contribution in [0.15, 0.2) is 54.6 Å². The maximum Gasteiger partial charge on any atom is 0.282 e. The zero-order valence-electron chi connectivity index (χ0n) is 12.7. The smallest absolute Gasteiger partial charge is 0.282 e. The molecule has 0 saturated heterocycles. The zero-order valence-corrected chi connectivity index (χ0v) is 12.7. The van der Waals surface area contributed by atoms with Crippen molar-refractivity contribution in [3.05, 3.63) is 65.9 Å². The van der Waals surface area contributed by atoms with Crippen molar-refractivity contribution in [3.63, 3.8) is 0 Å². The van der Waals surface area contributed by atoms with Gasteiger partial charge in [-0.2, -0.15) is 0 Å². The fourth-order valence-corrected chi connectivity index (χ4v) is 2.35. The summed E-state index contributed by atoms with van der Waals surface area (Å²) >= 11 is 0. The van der Waals surface area contributed by atoms with E-state index in [4.69, 9.17) is 19.3 Å². The largest absolute Gasteiger partial charge is 0.487 e. The van der Waals surface area contributed by atoms with Crippen molar-refractivity contribution >= 4 is 0 Å². The topological polar surface area (TPSA) is 73.7 Å². The molecule has 0 bridgehead atoms. The minimum Gasteiger partial charge on any atom is -0.487 e. The molecule has 2 aromatic carbocycles. The fourth-order valence-electron chi connectivity index (χ4n) is 2.35. The summed E-state index contributed by atoms with van der Waals surface area (Å²) in [7, 11) is 0. The van der Waals surface area contributed by atoms with E-state index in [9.17, 15) is 0 Å². The van der Waals surface area contributed by atoms with Crippen molar-refractivity contribution < 1.29 is 19.3 Å². The SMILES string of the molecule is OCc1cccc(OCc2cc3c(nn2)Oc2ccccc2O3)c1. The van der Waals surface area contributed by atoms with Gasteiger partial charge in [-0.05, 0) is 29.8 Å². The highest BCUT2D eigenvalue weighted by Gasteiger charge is 2.20. The number of fused-ring (bicyclic) bond motifs is 2. The Kier molecular flexibility index (Phi) is 3.72. The summed E-state index contributed by atoms with van der Waals surface area (Å²) in [5.74, 6) is 2.75. The molecule has 0 spiro atoms. The van der Waals surface area contributed by atoms with Gasteiger partial charge in [0.05, 0.1) is 6.61 Å². The number of ether oxygens (including phenoxy) is 3. The van der Waals surface area contributed by atoms with E-state index in [0.717, 1.165) is 5.56 Å². The lowest BCUT2D eigenvalue weighted by Crippen LogP contribution is -2.06. The fraction of sp³-hybridized carbons (Fsp3) is 0.111. The van der Waals surface area contributed by atoms with Crippen LogP contribution in [-0.2, 0) is 13.2 Å². The first-order valence-electron chi connectivity index (χ1n) is 7.46. The number of benzene rings is 2. The molecule has 24 heavy (non-hydrogen) atoms. The van der Waals surface area contributed by atoms with Gasteiger partial charge in [0.15, 0.2) is 17.2 Å². The predicted molar refractivity (Wildman–Crippen MR) is 85.3 cm³/mol. The molecule has 4 rings (SSSR count). The Hall–Kier alpha value is -3.12. The molecule has 6 heteroatoms. The lowest BCUT2D eigenvalue weighted by molar-refractivity contribution is 0.276. The van der Waals surface area contributed by atoms with Crippen LogP contribution in [0.1, 0.15) is 11.3 Å². The van der Waals surface area contributed by atoms with Gasteiger partial charge < -0.3 is 19.3 Å². The third kappa shape index (κ3) is 2.87. The molecular formula is C18H14N2O4. The molecule has 0 saturated carbocycles. The van der Waals surface area contributed by atoms with Crippen molar-refractivity contribution in [1.29, 1.82) is 0 Å². The minimum atomic E-state index is -0.0273. The molecule has 0 fully saturated rings. The number of aliphatic hydroxyl groups is 1. The van der Waals surface area contributed by atoms with Crippen molar-refractivity contribution in [2.24, 2.45) is 0 Å². The third-order valence-corrected chi connectivity index (χ3v) is 3.52. The van der Waals surface area contributed by atoms with Gasteiger partial charge in [0.2, 0.25) is 0 Å². The molecule has 1 aliphatic rings. The van der Waals surface area contributed by atoms with Gasteiger partial charge in [-0.1, -0.05) is 24.3 Å². The zero-order chi connectivity index (χ0) is 16.4. The van der Waals surface area contributed by atoms with Crippen molar-refractivity contribution in [2.75, 3.05) is 0 Å². The number of aliphatic hydroxyl groups excluding tert-OH is 1. The normalized spacial score (nSPS) is 11.7. The van der Waals surface area contributed by atoms with Gasteiger partial charge in [0.1, 0.15) is 18.1 Å². The van der Waals surface area contributed by atoms with E-state index in [-0.39, 0.29) is 13.2 Å². The Balaban J connectivity index is 1.50. The van der Waals surface area contributed by atoms with E-state index < -0.39 is 0 Å². The summed E-state index contributed by atoms with van der Waals surface area (Å²) in [6.45, 7) is 0.209. The molecule has 0 aliphatic carbocycles. The molecule has 1 aromatic heterocycles. The van der Waals surface area contributed by atoms with Gasteiger partial charge >= 0.3 is 0 Å². The molecule has 2 heterocycles. The van der Waals surface area contributed by atoms with Crippen molar-refractivity contribution in [2.45, 2.75) is 13.2 Å². The second kappa shape index (κ2) is 6.17. The highest BCUT2D eigenvalue weighted by molar-refractivity contribution is 5.51. The summed E-state index contributed by atoms with van der Waals surface area (Å²) in [4.78, 5) is 0. The lowest BCUT2D eigenvalue weighted by atomic mass is 10.2. The standard InChI is InChI=1S/C18H14N2O4/c21-10-12-4-3-5-14(8-12)22-11-13-9-17-18(20-19-13)24-16-7-2-1-6-15(16)23-17/h1-9,21H,10-11H2. The molecule has 1 aliphatic heterocycles. The van der Waals surface area contributed by atoms with E-state index in [2.05, 4.69) is 10.2 Å². The van der Waals surface area contributed by atoms with Crippen molar-refractivity contribution in [1.82, 2.24) is 10.2 Å². The van der Waals surface area contributed by atoms with Gasteiger partial charge in [0.25, 0.3) is 5.88 Å². The Morgan fingerprint density at radius 2 is 1.71 bits per heavy atom. The summed E-state index contributed by atoms with van der Waals surface area (Å²) in [5, 5.41) is 17.3. The number of rotatable bonds is 4. The molecule has 0 radical (unpaired) electrons. The summed E-state index contributed by atoms with van der Waals surface area (Å²) < 4.78 is 17.1. The first kappa shape index (κ1) is 14.5. The van der Waals surface area contributed by atoms with Crippen LogP contribution >= 0.6 is 0 Å². The maximum atomic E-state index is 9.15. The Morgan fingerprint density at radius 1 is 0.875 bits per heavy atom. The predicted octanol–water partition coefficient (Wildman–Crippen LogP) is 3.45. The number of para-hydroxylation sites is 2. The molecule has 1 N–H and O–H groups in total. The number of aromatic nitrogens is 2. The van der Waals surface area contributed by atoms with Crippen LogP contribution in [0.5, 0.6) is 28.9 Å². The Labute approximate surface area is 138 Å². The average Bonchev–Trinajstić information content (AvgIpc) is 2.64. The van der Waals surface area contributed by atoms with Crippen LogP contribution in [0.2, 0.25) is 0 Å². The molecule has 0 atom stereocenters. The highest BCUT2D eigenvalue weighted by Crippen LogP contribution is 2.43. The van der Waals surface area contributed by atoms with Crippen LogP contribution in [0.4, 0.5) is 0 Å². The van der Waals surface area contributed by atoms with E-state index in [1.165, 1.54) is 0 Å². The van der Waals surface area contributed by atoms with Gasteiger partial charge in [-0.3, -0.25) is 0 Å². The summed E-state index contributed by atoms with van der Waals surface area (Å²) in [6.07, 6.45) is 0. The molecule has 6 nitrogen and oxygen atoms in total. The summed E-state index contributed by atoms with van der Waals surface area (Å²) in [5.41, 5.74) is 1.41. The monoisotopic (exact) mass is 322 g/mol. The van der Waals surface area contributed by atoms with Gasteiger partial charge in [-0.15, -0.1) is 10.2 Å². The Bertz CT molecular complexity index is 882. The van der Waals surface area contributed by atoms with E-state index in [0.29, 0.717) is 34.6 Å². The summed E-state index contributed by atoms with van der Waals surface area (Å²) in [6, 6.07) is 16.4. The van der Waals surface area contributed by atoms with Crippen molar-refractivity contribution in [3.8, 4) is 28.9 Å². The van der Waals surface area contributed by atoms with Crippen LogP contribution < -0.4 is 14.2 Å². The van der Waals surface area contributed by atoms with Crippen LogP contribution in [0, 0.1) is 0 Å². The van der Waals surface area contributed by atoms with Gasteiger partial charge in [-0.25, -0.2) is 0 Å². The maximum absolute atomic E-state index is 9.15. The number of nitrogens with zero attached hydrogens (tertiary/aromatic N) is 2. The van der Waals surface area contributed by atoms with Crippen LogP contribution in [0.3, 0.4) is 0 Å². The van der Waals surface area contributed by atoms with Crippen LogP contribution in [0.25, 0.3) is 0 Å². The number of hydrogen-bond acceptors (Lipinski definition) is 6. The molecule has 0 amide bonds. The molecular weight excluding hydrogens is 308 g/mol. The van der Waals surface area contributed by atoms with Gasteiger partial charge in [0, 0.05) is 6.07 Å². The van der Waals surface area contributed by atoms with E-state index in [1.54, 1.807) is 12.1 Å². The average molecular weight is 322 g/mol. The van der Waals surface area contributed by atoms with Crippen LogP contribution in [-0.4, -0.2) is 15.3 Å².